The van der Waals surface area contributed by atoms with Gasteiger partial charge >= 0.3 is 0 Å². The molecule has 6 heteroatoms. The number of hydrogen-bond donors (Lipinski definition) is 1. The Morgan fingerprint density at radius 2 is 1.68 bits per heavy atom. The number of nitrogens with zero attached hydrogens (tertiary/aromatic N) is 2. The minimum absolute atomic E-state index is 0. The van der Waals surface area contributed by atoms with E-state index < -0.39 is 0 Å². The minimum Gasteiger partial charge on any atom is -0.374 e. The van der Waals surface area contributed by atoms with E-state index in [1.807, 2.05) is 38.4 Å². The fourth-order valence-corrected chi connectivity index (χ4v) is 2.11. The van der Waals surface area contributed by atoms with Crippen LogP contribution in [-0.2, 0) is 0 Å². The fraction of sp³-hybridized carbons (Fsp3) is 0.562. The summed E-state index contributed by atoms with van der Waals surface area (Å²) in [6, 6.07) is 7.85. The molecule has 0 fully saturated rings. The van der Waals surface area contributed by atoms with E-state index in [2.05, 4.69) is 31.1 Å². The Morgan fingerprint density at radius 1 is 1.14 bits per heavy atom. The second-order valence-corrected chi connectivity index (χ2v) is 5.65. The molecule has 0 aliphatic carbocycles. The number of amides is 1. The lowest BCUT2D eigenvalue weighted by atomic mass is 10.1. The largest absolute Gasteiger partial charge is 0.374 e. The molecule has 0 unspecified atom stereocenters. The van der Waals surface area contributed by atoms with Gasteiger partial charge in [-0.25, -0.2) is 0 Å². The van der Waals surface area contributed by atoms with Crippen LogP contribution in [0.15, 0.2) is 24.3 Å². The van der Waals surface area contributed by atoms with Gasteiger partial charge in [0.1, 0.15) is 0 Å². The molecule has 0 saturated carbocycles. The summed E-state index contributed by atoms with van der Waals surface area (Å²) in [5, 5.41) is 3.05. The number of benzene rings is 1. The Kier molecular flexibility index (Phi) is 12.3. The van der Waals surface area contributed by atoms with Crippen molar-refractivity contribution in [2.75, 3.05) is 45.7 Å². The van der Waals surface area contributed by atoms with Crippen LogP contribution in [-0.4, -0.2) is 51.6 Å². The standard InChI is InChI=1S/C16H27N3O.2ClH/c1-13(2)12-19(5)15-8-6-14(7-9-15)16(20)18(4)11-10-17-3;;/h6-9,13,17H,10-12H2,1-5H3;2*1H. The van der Waals surface area contributed by atoms with E-state index in [0.717, 1.165) is 24.3 Å². The zero-order chi connectivity index (χ0) is 15.1. The van der Waals surface area contributed by atoms with Crippen molar-refractivity contribution in [3.05, 3.63) is 29.8 Å². The molecule has 1 amide bonds. The average Bonchev–Trinajstić information content (AvgIpc) is 2.43. The van der Waals surface area contributed by atoms with Crippen LogP contribution in [0.5, 0.6) is 0 Å². The van der Waals surface area contributed by atoms with Gasteiger partial charge in [0, 0.05) is 45.0 Å². The molecule has 0 aliphatic rings. The average molecular weight is 350 g/mol. The van der Waals surface area contributed by atoms with Crippen molar-refractivity contribution in [2.24, 2.45) is 5.92 Å². The third kappa shape index (κ3) is 7.34. The van der Waals surface area contributed by atoms with E-state index in [9.17, 15) is 4.79 Å². The Balaban J connectivity index is 0. The van der Waals surface area contributed by atoms with E-state index in [4.69, 9.17) is 0 Å². The topological polar surface area (TPSA) is 35.6 Å². The van der Waals surface area contributed by atoms with E-state index in [1.165, 1.54) is 0 Å². The maximum Gasteiger partial charge on any atom is 0.253 e. The summed E-state index contributed by atoms with van der Waals surface area (Å²) >= 11 is 0. The molecule has 128 valence electrons. The van der Waals surface area contributed by atoms with E-state index in [0.29, 0.717) is 12.5 Å². The molecule has 0 heterocycles. The summed E-state index contributed by atoms with van der Waals surface area (Å²) in [6.07, 6.45) is 0. The zero-order valence-corrected chi connectivity index (χ0v) is 15.8. The van der Waals surface area contributed by atoms with Gasteiger partial charge in [0.15, 0.2) is 0 Å². The number of rotatable bonds is 7. The first-order valence-electron chi connectivity index (χ1n) is 7.17. The van der Waals surface area contributed by atoms with Crippen molar-refractivity contribution < 1.29 is 4.79 Å². The summed E-state index contributed by atoms with van der Waals surface area (Å²) in [7, 11) is 5.80. The van der Waals surface area contributed by atoms with Gasteiger partial charge < -0.3 is 15.1 Å². The van der Waals surface area contributed by atoms with Gasteiger partial charge in [0.2, 0.25) is 0 Å². The number of hydrogen-bond acceptors (Lipinski definition) is 3. The van der Waals surface area contributed by atoms with Crippen LogP contribution in [0, 0.1) is 5.92 Å². The molecule has 0 aromatic heterocycles. The molecule has 0 bridgehead atoms. The van der Waals surface area contributed by atoms with Crippen molar-refractivity contribution in [3.63, 3.8) is 0 Å². The highest BCUT2D eigenvalue weighted by Crippen LogP contribution is 2.16. The molecule has 4 nitrogen and oxygen atoms in total. The summed E-state index contributed by atoms with van der Waals surface area (Å²) < 4.78 is 0. The van der Waals surface area contributed by atoms with Gasteiger partial charge in [-0.15, -0.1) is 24.8 Å². The summed E-state index contributed by atoms with van der Waals surface area (Å²) in [5.74, 6) is 0.687. The predicted molar refractivity (Wildman–Crippen MR) is 99.9 cm³/mol. The van der Waals surface area contributed by atoms with Crippen LogP contribution in [0.2, 0.25) is 0 Å². The first kappa shape index (κ1) is 23.3. The number of anilines is 1. The van der Waals surface area contributed by atoms with Crippen molar-refractivity contribution in [1.82, 2.24) is 10.2 Å². The monoisotopic (exact) mass is 349 g/mol. The maximum atomic E-state index is 12.2. The number of likely N-dealkylation sites (N-methyl/N-ethyl adjacent to an activating group) is 2. The van der Waals surface area contributed by atoms with Gasteiger partial charge in [-0.1, -0.05) is 13.8 Å². The number of halogens is 2. The zero-order valence-electron chi connectivity index (χ0n) is 14.1. The molecule has 1 aromatic rings. The highest BCUT2D eigenvalue weighted by atomic mass is 35.5. The lowest BCUT2D eigenvalue weighted by molar-refractivity contribution is 0.0797. The van der Waals surface area contributed by atoms with Crippen LogP contribution < -0.4 is 10.2 Å². The van der Waals surface area contributed by atoms with E-state index in [1.54, 1.807) is 4.90 Å². The Bertz CT molecular complexity index is 424. The van der Waals surface area contributed by atoms with Crippen LogP contribution in [0.1, 0.15) is 24.2 Å². The minimum atomic E-state index is 0. The normalized spacial score (nSPS) is 9.73. The second kappa shape index (κ2) is 11.6. The molecule has 0 spiro atoms. The van der Waals surface area contributed by atoms with Crippen LogP contribution in [0.3, 0.4) is 0 Å². The molecule has 22 heavy (non-hydrogen) atoms. The number of carbonyl (C=O) groups is 1. The molecule has 0 atom stereocenters. The maximum absolute atomic E-state index is 12.2. The van der Waals surface area contributed by atoms with Gasteiger partial charge in [-0.05, 0) is 37.2 Å². The van der Waals surface area contributed by atoms with Crippen LogP contribution >= 0.6 is 24.8 Å². The summed E-state index contributed by atoms with van der Waals surface area (Å²) in [5.41, 5.74) is 1.89. The molecule has 1 rings (SSSR count). The highest BCUT2D eigenvalue weighted by molar-refractivity contribution is 5.94. The van der Waals surface area contributed by atoms with E-state index >= 15 is 0 Å². The third-order valence-corrected chi connectivity index (χ3v) is 3.24. The van der Waals surface area contributed by atoms with Crippen molar-refractivity contribution in [2.45, 2.75) is 13.8 Å². The lowest BCUT2D eigenvalue weighted by Crippen LogP contribution is -2.32. The number of carbonyl (C=O) groups excluding carboxylic acids is 1. The van der Waals surface area contributed by atoms with Crippen molar-refractivity contribution >= 4 is 36.4 Å². The molecular weight excluding hydrogens is 321 g/mol. The van der Waals surface area contributed by atoms with Gasteiger partial charge in [0.05, 0.1) is 0 Å². The van der Waals surface area contributed by atoms with Crippen LogP contribution in [0.25, 0.3) is 0 Å². The van der Waals surface area contributed by atoms with Gasteiger partial charge in [-0.3, -0.25) is 4.79 Å². The Labute approximate surface area is 147 Å². The lowest BCUT2D eigenvalue weighted by Gasteiger charge is -2.22. The van der Waals surface area contributed by atoms with Gasteiger partial charge in [0.25, 0.3) is 5.91 Å². The summed E-state index contributed by atoms with van der Waals surface area (Å²) in [4.78, 5) is 16.1. The van der Waals surface area contributed by atoms with Gasteiger partial charge in [-0.2, -0.15) is 0 Å². The fourth-order valence-electron chi connectivity index (χ4n) is 2.11. The first-order valence-corrected chi connectivity index (χ1v) is 7.17. The molecule has 1 aromatic carbocycles. The van der Waals surface area contributed by atoms with Crippen molar-refractivity contribution in [1.29, 1.82) is 0 Å². The number of nitrogens with one attached hydrogen (secondary N) is 1. The molecular formula is C16H29Cl2N3O. The molecule has 0 radical (unpaired) electrons. The van der Waals surface area contributed by atoms with Crippen molar-refractivity contribution in [3.8, 4) is 0 Å². The summed E-state index contributed by atoms with van der Waals surface area (Å²) in [6.45, 7) is 6.92. The SMILES string of the molecule is CNCCN(C)C(=O)c1ccc(N(C)CC(C)C)cc1.Cl.Cl. The molecule has 0 aliphatic heterocycles. The predicted octanol–water partition coefficient (Wildman–Crippen LogP) is 2.91. The highest BCUT2D eigenvalue weighted by Gasteiger charge is 2.11. The Morgan fingerprint density at radius 3 is 2.14 bits per heavy atom. The van der Waals surface area contributed by atoms with Crippen LogP contribution in [0.4, 0.5) is 5.69 Å². The second-order valence-electron chi connectivity index (χ2n) is 5.65. The quantitative estimate of drug-likeness (QED) is 0.821. The Hall–Kier alpha value is -0.970. The smallest absolute Gasteiger partial charge is 0.253 e. The molecule has 0 saturated heterocycles. The molecule has 1 N–H and O–H groups in total. The third-order valence-electron chi connectivity index (χ3n) is 3.24. The van der Waals surface area contributed by atoms with E-state index in [-0.39, 0.29) is 30.7 Å². The first-order chi connectivity index (χ1) is 9.45.